The Hall–Kier alpha value is -3.93. The van der Waals surface area contributed by atoms with Crippen LogP contribution in [0.15, 0.2) is 78.9 Å². The third-order valence-electron chi connectivity index (χ3n) is 5.07. The number of ether oxygens (including phenoxy) is 1. The van der Waals surface area contributed by atoms with Crippen LogP contribution >= 0.6 is 0 Å². The molecule has 2 amide bonds. The summed E-state index contributed by atoms with van der Waals surface area (Å²) in [6, 6.07) is 23.3. The maximum absolute atomic E-state index is 13.0. The van der Waals surface area contributed by atoms with Crippen LogP contribution in [-0.4, -0.2) is 30.9 Å². The Balaban J connectivity index is 1.66. The van der Waals surface area contributed by atoms with Crippen LogP contribution in [0.1, 0.15) is 38.8 Å². The Bertz CT molecular complexity index is 1090. The average Bonchev–Trinajstić information content (AvgIpc) is 2.83. The minimum atomic E-state index is -1.01. The number of aryl methyl sites for hydroxylation is 1. The highest BCUT2D eigenvalue weighted by Crippen LogP contribution is 2.18. The summed E-state index contributed by atoms with van der Waals surface area (Å²) in [5.41, 5.74) is 3.09. The van der Waals surface area contributed by atoms with Gasteiger partial charge >= 0.3 is 5.97 Å². The van der Waals surface area contributed by atoms with E-state index in [2.05, 4.69) is 5.32 Å². The van der Waals surface area contributed by atoms with Crippen molar-refractivity contribution in [1.82, 2.24) is 5.32 Å². The monoisotopic (exact) mass is 430 g/mol. The van der Waals surface area contributed by atoms with Crippen molar-refractivity contribution in [2.45, 2.75) is 26.5 Å². The predicted molar refractivity (Wildman–Crippen MR) is 124 cm³/mol. The topological polar surface area (TPSA) is 75.7 Å². The number of benzene rings is 3. The highest BCUT2D eigenvalue weighted by atomic mass is 16.5. The van der Waals surface area contributed by atoms with Crippen LogP contribution in [0, 0.1) is 6.92 Å². The summed E-state index contributed by atoms with van der Waals surface area (Å²) >= 11 is 0. The molecule has 1 atom stereocenters. The first-order valence-corrected chi connectivity index (χ1v) is 10.3. The zero-order chi connectivity index (χ0) is 23.1. The lowest BCUT2D eigenvalue weighted by atomic mass is 10.1. The van der Waals surface area contributed by atoms with Crippen LogP contribution in [0.3, 0.4) is 0 Å². The van der Waals surface area contributed by atoms with Crippen molar-refractivity contribution in [2.24, 2.45) is 0 Å². The fraction of sp³-hybridized carbons (Fsp3) is 0.192. The highest BCUT2D eigenvalue weighted by molar-refractivity contribution is 6.12. The van der Waals surface area contributed by atoms with E-state index in [1.165, 1.54) is 17.9 Å². The first-order valence-electron chi connectivity index (χ1n) is 10.3. The number of hydrogen-bond donors (Lipinski definition) is 1. The van der Waals surface area contributed by atoms with Crippen LogP contribution < -0.4 is 10.2 Å². The summed E-state index contributed by atoms with van der Waals surface area (Å²) in [5, 5.41) is 2.76. The summed E-state index contributed by atoms with van der Waals surface area (Å²) in [6.45, 7) is 3.82. The maximum Gasteiger partial charge on any atom is 0.339 e. The van der Waals surface area contributed by atoms with Crippen molar-refractivity contribution in [1.29, 1.82) is 0 Å². The molecule has 0 bridgehead atoms. The number of anilines is 1. The van der Waals surface area contributed by atoms with Crippen molar-refractivity contribution in [3.8, 4) is 0 Å². The number of amides is 2. The smallest absolute Gasteiger partial charge is 0.339 e. The van der Waals surface area contributed by atoms with Crippen LogP contribution in [0.5, 0.6) is 0 Å². The average molecular weight is 431 g/mol. The van der Waals surface area contributed by atoms with E-state index < -0.39 is 18.0 Å². The molecule has 0 heterocycles. The largest absolute Gasteiger partial charge is 0.449 e. The van der Waals surface area contributed by atoms with E-state index >= 15 is 0 Å². The summed E-state index contributed by atoms with van der Waals surface area (Å²) in [5.74, 6) is -1.49. The second-order valence-electron chi connectivity index (χ2n) is 7.50. The van der Waals surface area contributed by atoms with Gasteiger partial charge in [0.25, 0.3) is 11.8 Å². The van der Waals surface area contributed by atoms with E-state index in [4.69, 9.17) is 4.74 Å². The Kier molecular flexibility index (Phi) is 7.39. The molecule has 32 heavy (non-hydrogen) atoms. The highest BCUT2D eigenvalue weighted by Gasteiger charge is 2.24. The van der Waals surface area contributed by atoms with E-state index in [9.17, 15) is 14.4 Å². The molecule has 0 fully saturated rings. The molecule has 0 aliphatic carbocycles. The Morgan fingerprint density at radius 1 is 0.875 bits per heavy atom. The van der Waals surface area contributed by atoms with Gasteiger partial charge in [-0.1, -0.05) is 60.2 Å². The van der Waals surface area contributed by atoms with Crippen LogP contribution in [0.25, 0.3) is 0 Å². The first kappa shape index (κ1) is 22.7. The van der Waals surface area contributed by atoms with Crippen molar-refractivity contribution >= 4 is 23.5 Å². The minimum absolute atomic E-state index is 0.110. The molecule has 3 aromatic rings. The number of esters is 1. The number of carbonyl (C=O) groups is 3. The quantitative estimate of drug-likeness (QED) is 0.572. The molecule has 6 heteroatoms. The summed E-state index contributed by atoms with van der Waals surface area (Å²) < 4.78 is 5.36. The summed E-state index contributed by atoms with van der Waals surface area (Å²) in [4.78, 5) is 39.7. The third-order valence-corrected chi connectivity index (χ3v) is 5.07. The van der Waals surface area contributed by atoms with Gasteiger partial charge in [-0.05, 0) is 43.7 Å². The van der Waals surface area contributed by atoms with Gasteiger partial charge in [0.05, 0.1) is 11.1 Å². The van der Waals surface area contributed by atoms with Gasteiger partial charge in [0, 0.05) is 19.3 Å². The molecule has 0 aliphatic rings. The van der Waals surface area contributed by atoms with Gasteiger partial charge in [0.1, 0.15) is 0 Å². The van der Waals surface area contributed by atoms with E-state index in [1.807, 2.05) is 49.4 Å². The molecule has 6 nitrogen and oxygen atoms in total. The molecule has 0 saturated carbocycles. The zero-order valence-corrected chi connectivity index (χ0v) is 18.4. The number of carbonyl (C=O) groups excluding carboxylic acids is 3. The number of nitrogens with zero attached hydrogens (tertiary/aromatic N) is 1. The molecular formula is C26H26N2O4. The fourth-order valence-corrected chi connectivity index (χ4v) is 3.11. The van der Waals surface area contributed by atoms with Crippen molar-refractivity contribution in [2.75, 3.05) is 11.9 Å². The zero-order valence-electron chi connectivity index (χ0n) is 18.4. The molecular weight excluding hydrogens is 404 g/mol. The Morgan fingerprint density at radius 3 is 2.12 bits per heavy atom. The van der Waals surface area contributed by atoms with Gasteiger partial charge < -0.3 is 15.0 Å². The van der Waals surface area contributed by atoms with Gasteiger partial charge in [-0.15, -0.1) is 0 Å². The molecule has 0 aromatic heterocycles. The maximum atomic E-state index is 13.0. The van der Waals surface area contributed by atoms with Gasteiger partial charge in [-0.3, -0.25) is 9.59 Å². The van der Waals surface area contributed by atoms with Gasteiger partial charge in [-0.2, -0.15) is 0 Å². The number of para-hydroxylation sites is 1. The summed E-state index contributed by atoms with van der Waals surface area (Å²) in [6.07, 6.45) is -1.01. The Labute approximate surface area is 187 Å². The van der Waals surface area contributed by atoms with Gasteiger partial charge in [0.15, 0.2) is 6.10 Å². The van der Waals surface area contributed by atoms with Crippen LogP contribution in [-0.2, 0) is 16.1 Å². The second-order valence-corrected chi connectivity index (χ2v) is 7.50. The molecule has 1 unspecified atom stereocenters. The SMILES string of the molecule is Cc1ccc(CNC(=O)C(C)OC(=O)c2ccccc2C(=O)N(C)c2ccccc2)cc1. The molecule has 0 radical (unpaired) electrons. The standard InChI is InChI=1S/C26H26N2O4/c1-18-13-15-20(16-14-18)17-27-24(29)19(2)32-26(31)23-12-8-7-11-22(23)25(30)28(3)21-9-5-4-6-10-21/h4-16,19H,17H2,1-3H3,(H,27,29). The first-order chi connectivity index (χ1) is 15.4. The molecule has 0 spiro atoms. The molecule has 0 aliphatic heterocycles. The summed E-state index contributed by atoms with van der Waals surface area (Å²) in [7, 11) is 1.64. The number of rotatable bonds is 7. The van der Waals surface area contributed by atoms with E-state index in [0.29, 0.717) is 12.2 Å². The minimum Gasteiger partial charge on any atom is -0.449 e. The van der Waals surface area contributed by atoms with Crippen molar-refractivity contribution in [3.63, 3.8) is 0 Å². The van der Waals surface area contributed by atoms with Crippen LogP contribution in [0.2, 0.25) is 0 Å². The predicted octanol–water partition coefficient (Wildman–Crippen LogP) is 4.13. The molecule has 164 valence electrons. The molecule has 3 aromatic carbocycles. The molecule has 0 saturated heterocycles. The number of nitrogens with one attached hydrogen (secondary N) is 1. The number of hydrogen-bond acceptors (Lipinski definition) is 4. The molecule has 3 rings (SSSR count). The second kappa shape index (κ2) is 10.4. The normalized spacial score (nSPS) is 11.3. The third kappa shape index (κ3) is 5.60. The van der Waals surface area contributed by atoms with Crippen molar-refractivity contribution < 1.29 is 19.1 Å². The fourth-order valence-electron chi connectivity index (χ4n) is 3.11. The lowest BCUT2D eigenvalue weighted by molar-refractivity contribution is -0.129. The lowest BCUT2D eigenvalue weighted by Crippen LogP contribution is -2.36. The molecule has 1 N–H and O–H groups in total. The van der Waals surface area contributed by atoms with Crippen molar-refractivity contribution in [3.05, 3.63) is 101 Å². The van der Waals surface area contributed by atoms with E-state index in [1.54, 1.807) is 37.4 Å². The van der Waals surface area contributed by atoms with E-state index in [0.717, 1.165) is 11.1 Å². The lowest BCUT2D eigenvalue weighted by Gasteiger charge is -2.19. The van der Waals surface area contributed by atoms with Gasteiger partial charge in [-0.25, -0.2) is 4.79 Å². The van der Waals surface area contributed by atoms with Crippen LogP contribution in [0.4, 0.5) is 5.69 Å². The van der Waals surface area contributed by atoms with E-state index in [-0.39, 0.29) is 17.0 Å². The van der Waals surface area contributed by atoms with Gasteiger partial charge in [0.2, 0.25) is 0 Å². The Morgan fingerprint density at radius 2 is 1.47 bits per heavy atom.